The Kier molecular flexibility index (Phi) is 5.76. The third kappa shape index (κ3) is 4.30. The molecule has 0 aromatic rings. The van der Waals surface area contributed by atoms with Crippen LogP contribution >= 0.6 is 0 Å². The Labute approximate surface area is 82.3 Å². The van der Waals surface area contributed by atoms with Gasteiger partial charge in [0.1, 0.15) is 0 Å². The molecule has 1 amide bonds. The highest BCUT2D eigenvalue weighted by Crippen LogP contribution is 2.11. The number of carbonyl (C=O) groups excluding carboxylic acids is 1. The van der Waals surface area contributed by atoms with Crippen molar-refractivity contribution < 1.29 is 4.79 Å². The second-order valence-corrected chi connectivity index (χ2v) is 4.04. The van der Waals surface area contributed by atoms with E-state index in [0.29, 0.717) is 12.0 Å². The Hall–Kier alpha value is -0.530. The highest BCUT2D eigenvalue weighted by Gasteiger charge is 2.18. The van der Waals surface area contributed by atoms with Gasteiger partial charge in [0, 0.05) is 19.5 Å². The molecule has 0 aromatic carbocycles. The molecular weight excluding hydrogens is 162 g/mol. The molecule has 13 heavy (non-hydrogen) atoms. The van der Waals surface area contributed by atoms with Crippen LogP contribution in [0.1, 0.15) is 47.5 Å². The van der Waals surface area contributed by atoms with Crippen molar-refractivity contribution in [1.82, 2.24) is 4.90 Å². The van der Waals surface area contributed by atoms with Gasteiger partial charge in [-0.25, -0.2) is 0 Å². The molecule has 0 bridgehead atoms. The summed E-state index contributed by atoms with van der Waals surface area (Å²) in [5.41, 5.74) is 0. The van der Waals surface area contributed by atoms with E-state index in [0.717, 1.165) is 19.4 Å². The molecule has 0 fully saturated rings. The standard InChI is InChI=1S/C11H23NO/c1-6-11(7-2)12(10(5)13)8-9(3)4/h9,11H,6-8H2,1-5H3. The van der Waals surface area contributed by atoms with Crippen molar-refractivity contribution in [1.29, 1.82) is 0 Å². The van der Waals surface area contributed by atoms with E-state index in [1.54, 1.807) is 6.92 Å². The topological polar surface area (TPSA) is 20.3 Å². The van der Waals surface area contributed by atoms with E-state index in [-0.39, 0.29) is 5.91 Å². The molecule has 0 spiro atoms. The van der Waals surface area contributed by atoms with Crippen molar-refractivity contribution in [3.05, 3.63) is 0 Å². The van der Waals surface area contributed by atoms with Crippen LogP contribution in [-0.4, -0.2) is 23.4 Å². The van der Waals surface area contributed by atoms with Crippen molar-refractivity contribution in [2.24, 2.45) is 5.92 Å². The van der Waals surface area contributed by atoms with Gasteiger partial charge >= 0.3 is 0 Å². The fourth-order valence-electron chi connectivity index (χ4n) is 1.66. The van der Waals surface area contributed by atoms with Crippen LogP contribution in [0.5, 0.6) is 0 Å². The Balaban J connectivity index is 4.30. The largest absolute Gasteiger partial charge is 0.340 e. The summed E-state index contributed by atoms with van der Waals surface area (Å²) >= 11 is 0. The normalized spacial score (nSPS) is 11.0. The average molecular weight is 185 g/mol. The summed E-state index contributed by atoms with van der Waals surface area (Å²) in [6, 6.07) is 0.430. The first-order valence-corrected chi connectivity index (χ1v) is 5.30. The molecule has 0 saturated heterocycles. The third-order valence-electron chi connectivity index (χ3n) is 2.35. The van der Waals surface area contributed by atoms with E-state index < -0.39 is 0 Å². The van der Waals surface area contributed by atoms with Crippen LogP contribution in [0.25, 0.3) is 0 Å². The molecule has 2 heteroatoms. The Bertz CT molecular complexity index is 150. The number of hydrogen-bond donors (Lipinski definition) is 0. The maximum absolute atomic E-state index is 11.4. The van der Waals surface area contributed by atoms with Gasteiger partial charge in [-0.1, -0.05) is 27.7 Å². The van der Waals surface area contributed by atoms with Gasteiger partial charge in [-0.15, -0.1) is 0 Å². The molecule has 78 valence electrons. The van der Waals surface area contributed by atoms with Gasteiger partial charge in [0.25, 0.3) is 0 Å². The van der Waals surface area contributed by atoms with Gasteiger partial charge in [0.05, 0.1) is 0 Å². The van der Waals surface area contributed by atoms with Crippen molar-refractivity contribution >= 4 is 5.91 Å². The number of hydrogen-bond acceptors (Lipinski definition) is 1. The Morgan fingerprint density at radius 2 is 1.69 bits per heavy atom. The fourth-order valence-corrected chi connectivity index (χ4v) is 1.66. The smallest absolute Gasteiger partial charge is 0.219 e. The minimum atomic E-state index is 0.211. The van der Waals surface area contributed by atoms with E-state index in [4.69, 9.17) is 0 Å². The lowest BCUT2D eigenvalue weighted by atomic mass is 10.1. The lowest BCUT2D eigenvalue weighted by Gasteiger charge is -2.31. The number of amides is 1. The van der Waals surface area contributed by atoms with Gasteiger partial charge in [-0.05, 0) is 18.8 Å². The van der Waals surface area contributed by atoms with Crippen molar-refractivity contribution in [2.45, 2.75) is 53.5 Å². The molecule has 2 nitrogen and oxygen atoms in total. The van der Waals surface area contributed by atoms with Crippen LogP contribution in [0.4, 0.5) is 0 Å². The van der Waals surface area contributed by atoms with Crippen molar-refractivity contribution in [3.63, 3.8) is 0 Å². The van der Waals surface area contributed by atoms with Gasteiger partial charge in [0.15, 0.2) is 0 Å². The second-order valence-electron chi connectivity index (χ2n) is 4.04. The first-order chi connectivity index (χ1) is 6.02. The molecule has 0 aliphatic carbocycles. The Morgan fingerprint density at radius 3 is 1.92 bits per heavy atom. The zero-order valence-electron chi connectivity index (χ0n) is 9.63. The molecule has 0 rings (SSSR count). The first-order valence-electron chi connectivity index (χ1n) is 5.30. The number of carbonyl (C=O) groups is 1. The SMILES string of the molecule is CCC(CC)N(CC(C)C)C(C)=O. The van der Waals surface area contributed by atoms with Crippen LogP contribution in [0.3, 0.4) is 0 Å². The molecule has 0 heterocycles. The van der Waals surface area contributed by atoms with Crippen LogP contribution in [-0.2, 0) is 4.79 Å². The van der Waals surface area contributed by atoms with Crippen LogP contribution in [0.2, 0.25) is 0 Å². The molecule has 0 aromatic heterocycles. The summed E-state index contributed by atoms with van der Waals surface area (Å²) in [6.45, 7) is 11.1. The third-order valence-corrected chi connectivity index (χ3v) is 2.35. The summed E-state index contributed by atoms with van der Waals surface area (Å²) in [6.07, 6.45) is 2.12. The van der Waals surface area contributed by atoms with Crippen molar-refractivity contribution in [3.8, 4) is 0 Å². The second kappa shape index (κ2) is 6.01. The molecule has 0 unspecified atom stereocenters. The van der Waals surface area contributed by atoms with E-state index in [1.807, 2.05) is 4.90 Å². The van der Waals surface area contributed by atoms with E-state index in [1.165, 1.54) is 0 Å². The van der Waals surface area contributed by atoms with Gasteiger partial charge in [-0.2, -0.15) is 0 Å². The molecule has 0 radical (unpaired) electrons. The van der Waals surface area contributed by atoms with E-state index in [2.05, 4.69) is 27.7 Å². The van der Waals surface area contributed by atoms with Gasteiger partial charge in [0.2, 0.25) is 5.91 Å². The lowest BCUT2D eigenvalue weighted by molar-refractivity contribution is -0.131. The summed E-state index contributed by atoms with van der Waals surface area (Å²) in [7, 11) is 0. The molecule has 0 N–H and O–H groups in total. The lowest BCUT2D eigenvalue weighted by Crippen LogP contribution is -2.40. The summed E-state index contributed by atoms with van der Waals surface area (Å²) in [4.78, 5) is 13.4. The minimum Gasteiger partial charge on any atom is -0.340 e. The number of nitrogens with zero attached hydrogens (tertiary/aromatic N) is 1. The molecule has 0 saturated carbocycles. The summed E-state index contributed by atoms with van der Waals surface area (Å²) < 4.78 is 0. The molecule has 0 atom stereocenters. The predicted molar refractivity (Wildman–Crippen MR) is 56.6 cm³/mol. The molecule has 0 aliphatic rings. The minimum absolute atomic E-state index is 0.211. The molecular formula is C11H23NO. The Morgan fingerprint density at radius 1 is 1.23 bits per heavy atom. The quantitative estimate of drug-likeness (QED) is 0.645. The van der Waals surface area contributed by atoms with Gasteiger partial charge in [-0.3, -0.25) is 4.79 Å². The fraction of sp³-hybridized carbons (Fsp3) is 0.909. The first kappa shape index (κ1) is 12.5. The van der Waals surface area contributed by atoms with Crippen molar-refractivity contribution in [2.75, 3.05) is 6.54 Å². The maximum Gasteiger partial charge on any atom is 0.219 e. The highest BCUT2D eigenvalue weighted by atomic mass is 16.2. The summed E-state index contributed by atoms with van der Waals surface area (Å²) in [5.74, 6) is 0.770. The van der Waals surface area contributed by atoms with Crippen LogP contribution < -0.4 is 0 Å². The zero-order valence-corrected chi connectivity index (χ0v) is 9.63. The average Bonchev–Trinajstić information content (AvgIpc) is 2.04. The monoisotopic (exact) mass is 185 g/mol. The maximum atomic E-state index is 11.4. The van der Waals surface area contributed by atoms with Crippen LogP contribution in [0.15, 0.2) is 0 Å². The van der Waals surface area contributed by atoms with Crippen LogP contribution in [0, 0.1) is 5.92 Å². The summed E-state index contributed by atoms with van der Waals surface area (Å²) in [5, 5.41) is 0. The molecule has 0 aliphatic heterocycles. The zero-order chi connectivity index (χ0) is 10.4. The van der Waals surface area contributed by atoms with E-state index >= 15 is 0 Å². The highest BCUT2D eigenvalue weighted by molar-refractivity contribution is 5.73. The van der Waals surface area contributed by atoms with E-state index in [9.17, 15) is 4.79 Å². The predicted octanol–water partition coefficient (Wildman–Crippen LogP) is 2.68. The van der Waals surface area contributed by atoms with Gasteiger partial charge < -0.3 is 4.90 Å². The number of rotatable bonds is 5.